The van der Waals surface area contributed by atoms with Crippen molar-refractivity contribution >= 4 is 0 Å². The Labute approximate surface area is 136 Å². The number of rotatable bonds is 6. The molecule has 122 valence electrons. The van der Waals surface area contributed by atoms with Crippen LogP contribution in [0.25, 0.3) is 0 Å². The van der Waals surface area contributed by atoms with E-state index in [1.54, 1.807) is 12.1 Å². The quantitative estimate of drug-likeness (QED) is 0.812. The van der Waals surface area contributed by atoms with Crippen LogP contribution < -0.4 is 4.74 Å². The Kier molecular flexibility index (Phi) is 5.61. The number of benzene rings is 2. The van der Waals surface area contributed by atoms with E-state index >= 15 is 0 Å². The van der Waals surface area contributed by atoms with Crippen molar-refractivity contribution in [3.63, 3.8) is 0 Å². The van der Waals surface area contributed by atoms with Crippen molar-refractivity contribution in [2.75, 3.05) is 32.8 Å². The van der Waals surface area contributed by atoms with Crippen LogP contribution >= 0.6 is 0 Å². The predicted octanol–water partition coefficient (Wildman–Crippen LogP) is 3.67. The molecule has 1 heterocycles. The van der Waals surface area contributed by atoms with Gasteiger partial charge in [0, 0.05) is 32.1 Å². The first-order valence-electron chi connectivity index (χ1n) is 8.08. The summed E-state index contributed by atoms with van der Waals surface area (Å²) < 4.78 is 24.9. The van der Waals surface area contributed by atoms with Crippen molar-refractivity contribution in [3.8, 4) is 5.75 Å². The van der Waals surface area contributed by atoms with Crippen LogP contribution in [0.15, 0.2) is 54.6 Å². The number of nitrogens with zero attached hydrogens (tertiary/aromatic N) is 1. The summed E-state index contributed by atoms with van der Waals surface area (Å²) in [5, 5.41) is 0. The lowest BCUT2D eigenvalue weighted by molar-refractivity contribution is 0.0317. The molecule has 0 amide bonds. The molecule has 1 saturated heterocycles. The third-order valence-corrected chi connectivity index (χ3v) is 4.06. The Balaban J connectivity index is 1.68. The molecule has 0 bridgehead atoms. The highest BCUT2D eigenvalue weighted by molar-refractivity contribution is 5.25. The molecule has 2 aromatic rings. The molecule has 0 aliphatic carbocycles. The molecular formula is C19H22FNO2. The Morgan fingerprint density at radius 3 is 2.57 bits per heavy atom. The van der Waals surface area contributed by atoms with Gasteiger partial charge in [0.25, 0.3) is 0 Å². The van der Waals surface area contributed by atoms with E-state index in [-0.39, 0.29) is 11.9 Å². The monoisotopic (exact) mass is 315 g/mol. The first-order valence-corrected chi connectivity index (χ1v) is 8.08. The molecule has 1 atom stereocenters. The number of ether oxygens (including phenoxy) is 2. The van der Waals surface area contributed by atoms with Gasteiger partial charge in [-0.25, -0.2) is 4.39 Å². The predicted molar refractivity (Wildman–Crippen MR) is 88.1 cm³/mol. The van der Waals surface area contributed by atoms with Gasteiger partial charge in [0.2, 0.25) is 0 Å². The molecule has 4 heteroatoms. The van der Waals surface area contributed by atoms with Crippen molar-refractivity contribution in [1.82, 2.24) is 4.90 Å². The summed E-state index contributed by atoms with van der Waals surface area (Å²) in [6, 6.07) is 16.5. The maximum Gasteiger partial charge on any atom is 0.126 e. The average Bonchev–Trinajstić information content (AvgIpc) is 2.60. The smallest absolute Gasteiger partial charge is 0.126 e. The second-order valence-corrected chi connectivity index (χ2v) is 5.72. The Morgan fingerprint density at radius 1 is 1.04 bits per heavy atom. The number of hydrogen-bond acceptors (Lipinski definition) is 3. The number of halogens is 1. The normalized spacial score (nSPS) is 16.9. The van der Waals surface area contributed by atoms with E-state index in [9.17, 15) is 4.39 Å². The fourth-order valence-electron chi connectivity index (χ4n) is 2.79. The highest BCUT2D eigenvalue weighted by atomic mass is 19.1. The second kappa shape index (κ2) is 8.09. The van der Waals surface area contributed by atoms with Crippen LogP contribution in [0.1, 0.15) is 18.1 Å². The maximum atomic E-state index is 13.4. The van der Waals surface area contributed by atoms with E-state index in [0.717, 1.165) is 44.8 Å². The molecule has 1 fully saturated rings. The third kappa shape index (κ3) is 4.78. The molecule has 0 saturated carbocycles. The molecular weight excluding hydrogens is 293 g/mol. The summed E-state index contributed by atoms with van der Waals surface area (Å²) in [7, 11) is 0. The van der Waals surface area contributed by atoms with Gasteiger partial charge in [-0.3, -0.25) is 4.90 Å². The molecule has 0 spiro atoms. The zero-order chi connectivity index (χ0) is 15.9. The van der Waals surface area contributed by atoms with Gasteiger partial charge in [-0.1, -0.05) is 36.4 Å². The van der Waals surface area contributed by atoms with Crippen molar-refractivity contribution in [1.29, 1.82) is 0 Å². The second-order valence-electron chi connectivity index (χ2n) is 5.72. The van der Waals surface area contributed by atoms with E-state index < -0.39 is 0 Å². The van der Waals surface area contributed by atoms with Crippen LogP contribution in [0.4, 0.5) is 4.39 Å². The molecule has 2 aromatic carbocycles. The summed E-state index contributed by atoms with van der Waals surface area (Å²) in [4.78, 5) is 2.38. The zero-order valence-electron chi connectivity index (χ0n) is 13.2. The van der Waals surface area contributed by atoms with Gasteiger partial charge >= 0.3 is 0 Å². The van der Waals surface area contributed by atoms with Crippen LogP contribution in [0.5, 0.6) is 5.75 Å². The van der Waals surface area contributed by atoms with Gasteiger partial charge in [0.15, 0.2) is 0 Å². The van der Waals surface area contributed by atoms with Gasteiger partial charge in [-0.15, -0.1) is 0 Å². The highest BCUT2D eigenvalue weighted by Gasteiger charge is 2.17. The Morgan fingerprint density at radius 2 is 1.83 bits per heavy atom. The van der Waals surface area contributed by atoms with Crippen LogP contribution in [-0.2, 0) is 4.74 Å². The summed E-state index contributed by atoms with van der Waals surface area (Å²) >= 11 is 0. The van der Waals surface area contributed by atoms with E-state index in [4.69, 9.17) is 9.47 Å². The number of hydrogen-bond donors (Lipinski definition) is 0. The maximum absolute atomic E-state index is 13.4. The molecule has 3 rings (SSSR count). The topological polar surface area (TPSA) is 21.7 Å². The standard InChI is InChI=1S/C19H22FNO2/c20-17-7-4-8-18(15-17)23-19(16-5-2-1-3-6-16)9-10-21-11-13-22-14-12-21/h1-8,15,19H,9-14H2. The zero-order valence-corrected chi connectivity index (χ0v) is 13.2. The van der Waals surface area contributed by atoms with Gasteiger partial charge in [0.1, 0.15) is 17.7 Å². The fourth-order valence-corrected chi connectivity index (χ4v) is 2.79. The Hall–Kier alpha value is -1.91. The fraction of sp³-hybridized carbons (Fsp3) is 0.368. The van der Waals surface area contributed by atoms with E-state index in [1.165, 1.54) is 12.1 Å². The molecule has 1 aliphatic rings. The van der Waals surface area contributed by atoms with Crippen LogP contribution in [0.3, 0.4) is 0 Å². The molecule has 0 N–H and O–H groups in total. The lowest BCUT2D eigenvalue weighted by atomic mass is 10.1. The minimum Gasteiger partial charge on any atom is -0.486 e. The molecule has 0 aromatic heterocycles. The summed E-state index contributed by atoms with van der Waals surface area (Å²) in [5.41, 5.74) is 1.12. The van der Waals surface area contributed by atoms with Crippen molar-refractivity contribution in [3.05, 3.63) is 66.0 Å². The van der Waals surface area contributed by atoms with E-state index in [1.807, 2.05) is 18.2 Å². The van der Waals surface area contributed by atoms with E-state index in [2.05, 4.69) is 17.0 Å². The van der Waals surface area contributed by atoms with Crippen molar-refractivity contribution in [2.45, 2.75) is 12.5 Å². The minimum atomic E-state index is -0.275. The lowest BCUT2D eigenvalue weighted by Crippen LogP contribution is -2.37. The largest absolute Gasteiger partial charge is 0.486 e. The lowest BCUT2D eigenvalue weighted by Gasteiger charge is -2.28. The molecule has 3 nitrogen and oxygen atoms in total. The molecule has 0 radical (unpaired) electrons. The highest BCUT2D eigenvalue weighted by Crippen LogP contribution is 2.25. The summed E-state index contributed by atoms with van der Waals surface area (Å²) in [6.45, 7) is 4.45. The molecule has 1 unspecified atom stereocenters. The minimum absolute atomic E-state index is 0.0826. The van der Waals surface area contributed by atoms with Crippen molar-refractivity contribution in [2.24, 2.45) is 0 Å². The first-order chi connectivity index (χ1) is 11.3. The first kappa shape index (κ1) is 16.0. The van der Waals surface area contributed by atoms with Gasteiger partial charge in [-0.2, -0.15) is 0 Å². The van der Waals surface area contributed by atoms with E-state index in [0.29, 0.717) is 5.75 Å². The van der Waals surface area contributed by atoms with Crippen LogP contribution in [0.2, 0.25) is 0 Å². The van der Waals surface area contributed by atoms with Gasteiger partial charge < -0.3 is 9.47 Å². The van der Waals surface area contributed by atoms with Gasteiger partial charge in [-0.05, 0) is 17.7 Å². The van der Waals surface area contributed by atoms with Gasteiger partial charge in [0.05, 0.1) is 13.2 Å². The molecule has 1 aliphatic heterocycles. The SMILES string of the molecule is Fc1cccc(OC(CCN2CCOCC2)c2ccccc2)c1. The summed E-state index contributed by atoms with van der Waals surface area (Å²) in [5.74, 6) is 0.295. The average molecular weight is 315 g/mol. The van der Waals surface area contributed by atoms with Crippen LogP contribution in [0, 0.1) is 5.82 Å². The van der Waals surface area contributed by atoms with Crippen molar-refractivity contribution < 1.29 is 13.9 Å². The summed E-state index contributed by atoms with van der Waals surface area (Å²) in [6.07, 6.45) is 0.779. The number of morpholine rings is 1. The van der Waals surface area contributed by atoms with Crippen LogP contribution in [-0.4, -0.2) is 37.7 Å². The molecule has 23 heavy (non-hydrogen) atoms. The Bertz CT molecular complexity index is 599. The third-order valence-electron chi connectivity index (χ3n) is 4.06.